The Bertz CT molecular complexity index is 601. The second-order valence-electron chi connectivity index (χ2n) is 6.58. The molecule has 0 spiro atoms. The Hall–Kier alpha value is -1.57. The molecule has 1 N–H and O–H groups in total. The zero-order valence-corrected chi connectivity index (χ0v) is 12.0. The standard InChI is InChI=1S/C17H22N2/c1-12-7-8-13-5-4-6-15(16(13)18-12)19-14-9-10-17(2,3)11-14/h4-8,14,19H,9-11H2,1-3H3. The fourth-order valence-electron chi connectivity index (χ4n) is 3.14. The second-order valence-corrected chi connectivity index (χ2v) is 6.58. The van der Waals surface area contributed by atoms with Crippen LogP contribution in [0.3, 0.4) is 0 Å². The third-order valence-corrected chi connectivity index (χ3v) is 4.19. The molecule has 2 aromatic rings. The number of nitrogens with one attached hydrogen (secondary N) is 1. The third kappa shape index (κ3) is 2.58. The number of hydrogen-bond donors (Lipinski definition) is 1. The third-order valence-electron chi connectivity index (χ3n) is 4.19. The van der Waals surface area contributed by atoms with Crippen molar-refractivity contribution in [3.8, 4) is 0 Å². The summed E-state index contributed by atoms with van der Waals surface area (Å²) in [5.41, 5.74) is 3.84. The molecule has 3 rings (SSSR count). The highest BCUT2D eigenvalue weighted by Gasteiger charge is 2.30. The van der Waals surface area contributed by atoms with Gasteiger partial charge in [-0.05, 0) is 43.7 Å². The largest absolute Gasteiger partial charge is 0.381 e. The van der Waals surface area contributed by atoms with Gasteiger partial charge in [-0.2, -0.15) is 0 Å². The number of rotatable bonds is 2. The number of benzene rings is 1. The Labute approximate surface area is 115 Å². The molecule has 1 aromatic carbocycles. The van der Waals surface area contributed by atoms with Gasteiger partial charge in [0.05, 0.1) is 11.2 Å². The van der Waals surface area contributed by atoms with Crippen LogP contribution in [0.4, 0.5) is 5.69 Å². The first-order valence-corrected chi connectivity index (χ1v) is 7.16. The molecular formula is C17H22N2. The topological polar surface area (TPSA) is 24.9 Å². The quantitative estimate of drug-likeness (QED) is 0.851. The van der Waals surface area contributed by atoms with Crippen molar-refractivity contribution in [1.29, 1.82) is 0 Å². The molecule has 2 heteroatoms. The maximum Gasteiger partial charge on any atom is 0.0936 e. The Morgan fingerprint density at radius 1 is 1.21 bits per heavy atom. The molecule has 0 saturated heterocycles. The van der Waals surface area contributed by atoms with Gasteiger partial charge >= 0.3 is 0 Å². The van der Waals surface area contributed by atoms with E-state index in [1.165, 1.54) is 30.3 Å². The predicted octanol–water partition coefficient (Wildman–Crippen LogP) is 4.53. The van der Waals surface area contributed by atoms with Crippen molar-refractivity contribution in [2.24, 2.45) is 5.41 Å². The summed E-state index contributed by atoms with van der Waals surface area (Å²) in [5, 5.41) is 4.92. The number of para-hydroxylation sites is 1. The molecule has 2 nitrogen and oxygen atoms in total. The summed E-state index contributed by atoms with van der Waals surface area (Å²) in [5.74, 6) is 0. The monoisotopic (exact) mass is 254 g/mol. The average molecular weight is 254 g/mol. The molecule has 1 atom stereocenters. The van der Waals surface area contributed by atoms with Crippen LogP contribution in [0.5, 0.6) is 0 Å². The Balaban J connectivity index is 1.91. The number of hydrogen-bond acceptors (Lipinski definition) is 2. The fraction of sp³-hybridized carbons (Fsp3) is 0.471. The summed E-state index contributed by atoms with van der Waals surface area (Å²) >= 11 is 0. The van der Waals surface area contributed by atoms with Crippen molar-refractivity contribution in [3.05, 3.63) is 36.0 Å². The lowest BCUT2D eigenvalue weighted by atomic mass is 9.92. The minimum Gasteiger partial charge on any atom is -0.381 e. The van der Waals surface area contributed by atoms with Gasteiger partial charge in [-0.25, -0.2) is 0 Å². The van der Waals surface area contributed by atoms with Gasteiger partial charge in [0.2, 0.25) is 0 Å². The summed E-state index contributed by atoms with van der Waals surface area (Å²) in [7, 11) is 0. The zero-order valence-electron chi connectivity index (χ0n) is 12.0. The van der Waals surface area contributed by atoms with E-state index < -0.39 is 0 Å². The van der Waals surface area contributed by atoms with E-state index >= 15 is 0 Å². The number of aryl methyl sites for hydroxylation is 1. The average Bonchev–Trinajstić information content (AvgIpc) is 2.69. The van der Waals surface area contributed by atoms with Gasteiger partial charge in [0.15, 0.2) is 0 Å². The minimum atomic E-state index is 0.478. The smallest absolute Gasteiger partial charge is 0.0936 e. The first-order valence-electron chi connectivity index (χ1n) is 7.16. The van der Waals surface area contributed by atoms with Crippen molar-refractivity contribution in [1.82, 2.24) is 4.98 Å². The summed E-state index contributed by atoms with van der Waals surface area (Å²) in [6.45, 7) is 6.77. The van der Waals surface area contributed by atoms with Gasteiger partial charge in [0.25, 0.3) is 0 Å². The highest BCUT2D eigenvalue weighted by molar-refractivity contribution is 5.90. The molecule has 1 heterocycles. The van der Waals surface area contributed by atoms with Crippen LogP contribution in [0, 0.1) is 12.3 Å². The van der Waals surface area contributed by atoms with Crippen molar-refractivity contribution < 1.29 is 0 Å². The van der Waals surface area contributed by atoms with Crippen LogP contribution in [0.1, 0.15) is 38.8 Å². The van der Waals surface area contributed by atoms with Crippen LogP contribution in [-0.4, -0.2) is 11.0 Å². The molecule has 0 amide bonds. The lowest BCUT2D eigenvalue weighted by molar-refractivity contribution is 0.378. The molecule has 1 aliphatic rings. The highest BCUT2D eigenvalue weighted by Crippen LogP contribution is 2.38. The number of aromatic nitrogens is 1. The van der Waals surface area contributed by atoms with E-state index in [1.54, 1.807) is 0 Å². The first kappa shape index (κ1) is 12.5. The second kappa shape index (κ2) is 4.52. The van der Waals surface area contributed by atoms with E-state index in [1.807, 2.05) is 0 Å². The number of fused-ring (bicyclic) bond motifs is 1. The molecule has 0 aliphatic heterocycles. The van der Waals surface area contributed by atoms with Crippen LogP contribution >= 0.6 is 0 Å². The summed E-state index contributed by atoms with van der Waals surface area (Å²) in [6, 6.07) is 11.2. The lowest BCUT2D eigenvalue weighted by Gasteiger charge is -2.19. The molecule has 0 bridgehead atoms. The molecule has 1 aromatic heterocycles. The summed E-state index contributed by atoms with van der Waals surface area (Å²) in [6.07, 6.45) is 3.81. The van der Waals surface area contributed by atoms with Crippen LogP contribution in [0.15, 0.2) is 30.3 Å². The van der Waals surface area contributed by atoms with E-state index in [0.29, 0.717) is 11.5 Å². The van der Waals surface area contributed by atoms with E-state index in [4.69, 9.17) is 4.98 Å². The normalized spacial score (nSPS) is 21.7. The van der Waals surface area contributed by atoms with Crippen LogP contribution < -0.4 is 5.32 Å². The van der Waals surface area contributed by atoms with Crippen LogP contribution in [0.25, 0.3) is 10.9 Å². The maximum atomic E-state index is 4.69. The van der Waals surface area contributed by atoms with Crippen molar-refractivity contribution in [3.63, 3.8) is 0 Å². The van der Waals surface area contributed by atoms with Gasteiger partial charge in [-0.3, -0.25) is 4.98 Å². The summed E-state index contributed by atoms with van der Waals surface area (Å²) < 4.78 is 0. The Morgan fingerprint density at radius 3 is 2.79 bits per heavy atom. The van der Waals surface area contributed by atoms with Crippen molar-refractivity contribution >= 4 is 16.6 Å². The maximum absolute atomic E-state index is 4.69. The number of pyridine rings is 1. The van der Waals surface area contributed by atoms with E-state index in [-0.39, 0.29) is 0 Å². The molecule has 0 radical (unpaired) electrons. The minimum absolute atomic E-state index is 0.478. The van der Waals surface area contributed by atoms with Gasteiger partial charge in [0, 0.05) is 17.1 Å². The molecule has 1 unspecified atom stereocenters. The van der Waals surface area contributed by atoms with Gasteiger partial charge in [-0.15, -0.1) is 0 Å². The molecule has 100 valence electrons. The van der Waals surface area contributed by atoms with E-state index in [9.17, 15) is 0 Å². The van der Waals surface area contributed by atoms with Crippen LogP contribution in [-0.2, 0) is 0 Å². The van der Waals surface area contributed by atoms with Crippen molar-refractivity contribution in [2.45, 2.75) is 46.1 Å². The molecule has 1 aliphatic carbocycles. The van der Waals surface area contributed by atoms with E-state index in [2.05, 4.69) is 56.4 Å². The first-order chi connectivity index (χ1) is 9.03. The lowest BCUT2D eigenvalue weighted by Crippen LogP contribution is -2.17. The van der Waals surface area contributed by atoms with Crippen LogP contribution in [0.2, 0.25) is 0 Å². The van der Waals surface area contributed by atoms with Gasteiger partial charge < -0.3 is 5.32 Å². The molecule has 19 heavy (non-hydrogen) atoms. The fourth-order valence-corrected chi connectivity index (χ4v) is 3.14. The molecule has 1 saturated carbocycles. The Kier molecular flexibility index (Phi) is 2.96. The Morgan fingerprint density at radius 2 is 2.05 bits per heavy atom. The zero-order chi connectivity index (χ0) is 13.5. The molecular weight excluding hydrogens is 232 g/mol. The number of anilines is 1. The van der Waals surface area contributed by atoms with Gasteiger partial charge in [0.1, 0.15) is 0 Å². The van der Waals surface area contributed by atoms with E-state index in [0.717, 1.165) is 11.2 Å². The SMILES string of the molecule is Cc1ccc2cccc(NC3CCC(C)(C)C3)c2n1. The van der Waals surface area contributed by atoms with Gasteiger partial charge in [-0.1, -0.05) is 32.0 Å². The predicted molar refractivity (Wildman–Crippen MR) is 81.5 cm³/mol. The summed E-state index contributed by atoms with van der Waals surface area (Å²) in [4.78, 5) is 4.69. The van der Waals surface area contributed by atoms with Crippen molar-refractivity contribution in [2.75, 3.05) is 5.32 Å². The number of nitrogens with zero attached hydrogens (tertiary/aromatic N) is 1. The highest BCUT2D eigenvalue weighted by atomic mass is 14.9. The molecule has 1 fully saturated rings.